The maximum absolute atomic E-state index is 12.3. The average Bonchev–Trinajstić information content (AvgIpc) is 3.03. The van der Waals surface area contributed by atoms with Gasteiger partial charge >= 0.3 is 0 Å². The highest BCUT2D eigenvalue weighted by Gasteiger charge is 2.30. The SMILES string of the molecule is CCN1C(=O)C(C)Oc2ccc(-c3csc(CCOC)n3)cc21. The first-order chi connectivity index (χ1) is 11.1. The van der Waals surface area contributed by atoms with Gasteiger partial charge in [-0.15, -0.1) is 11.3 Å². The fourth-order valence-corrected chi connectivity index (χ4v) is 3.43. The molecular weight excluding hydrogens is 312 g/mol. The van der Waals surface area contributed by atoms with Crippen LogP contribution >= 0.6 is 11.3 Å². The molecule has 1 aliphatic heterocycles. The number of carbonyl (C=O) groups excluding carboxylic acids is 1. The molecule has 6 heteroatoms. The lowest BCUT2D eigenvalue weighted by molar-refractivity contribution is -0.125. The number of carbonyl (C=O) groups is 1. The Labute approximate surface area is 139 Å². The van der Waals surface area contributed by atoms with E-state index in [4.69, 9.17) is 9.47 Å². The number of amides is 1. The van der Waals surface area contributed by atoms with E-state index in [-0.39, 0.29) is 5.91 Å². The van der Waals surface area contributed by atoms with Gasteiger partial charge in [-0.05, 0) is 32.0 Å². The van der Waals surface area contributed by atoms with Crippen molar-refractivity contribution >= 4 is 22.9 Å². The highest BCUT2D eigenvalue weighted by Crippen LogP contribution is 2.37. The quantitative estimate of drug-likeness (QED) is 0.844. The zero-order chi connectivity index (χ0) is 16.4. The molecule has 23 heavy (non-hydrogen) atoms. The predicted octanol–water partition coefficient (Wildman–Crippen LogP) is 3.13. The molecule has 1 aromatic heterocycles. The standard InChI is InChI=1S/C17H20N2O3S/c1-4-19-14-9-12(5-6-15(14)22-11(2)17(19)20)13-10-23-16(18-13)7-8-21-3/h5-6,9-11H,4,7-8H2,1-3H3. The van der Waals surface area contributed by atoms with E-state index in [9.17, 15) is 4.79 Å². The van der Waals surface area contributed by atoms with E-state index in [0.29, 0.717) is 13.2 Å². The molecule has 0 spiro atoms. The van der Waals surface area contributed by atoms with Gasteiger partial charge in [0.2, 0.25) is 0 Å². The van der Waals surface area contributed by atoms with Crippen LogP contribution in [-0.4, -0.2) is 37.3 Å². The molecule has 0 bridgehead atoms. The molecule has 1 aliphatic rings. The summed E-state index contributed by atoms with van der Waals surface area (Å²) in [6, 6.07) is 5.90. The minimum atomic E-state index is -0.437. The van der Waals surface area contributed by atoms with Crippen molar-refractivity contribution in [3.8, 4) is 17.0 Å². The molecule has 2 heterocycles. The van der Waals surface area contributed by atoms with Crippen molar-refractivity contribution in [2.24, 2.45) is 0 Å². The second-order valence-corrected chi connectivity index (χ2v) is 6.34. The molecule has 1 amide bonds. The zero-order valence-electron chi connectivity index (χ0n) is 13.5. The Morgan fingerprint density at radius 1 is 1.43 bits per heavy atom. The van der Waals surface area contributed by atoms with Crippen molar-refractivity contribution < 1.29 is 14.3 Å². The Balaban J connectivity index is 1.92. The summed E-state index contributed by atoms with van der Waals surface area (Å²) in [6.45, 7) is 5.04. The highest BCUT2D eigenvalue weighted by molar-refractivity contribution is 7.09. The molecule has 0 radical (unpaired) electrons. The highest BCUT2D eigenvalue weighted by atomic mass is 32.1. The van der Waals surface area contributed by atoms with E-state index in [2.05, 4.69) is 4.98 Å². The molecule has 0 saturated heterocycles. The van der Waals surface area contributed by atoms with Crippen molar-refractivity contribution in [2.75, 3.05) is 25.2 Å². The van der Waals surface area contributed by atoms with E-state index < -0.39 is 6.10 Å². The summed E-state index contributed by atoms with van der Waals surface area (Å²) in [7, 11) is 1.69. The van der Waals surface area contributed by atoms with Crippen LogP contribution in [0.15, 0.2) is 23.6 Å². The first-order valence-electron chi connectivity index (χ1n) is 7.69. The molecule has 0 saturated carbocycles. The van der Waals surface area contributed by atoms with Gasteiger partial charge in [0.1, 0.15) is 5.75 Å². The van der Waals surface area contributed by atoms with Crippen molar-refractivity contribution in [3.63, 3.8) is 0 Å². The number of benzene rings is 1. The Morgan fingerprint density at radius 3 is 3.00 bits per heavy atom. The van der Waals surface area contributed by atoms with Gasteiger partial charge < -0.3 is 14.4 Å². The summed E-state index contributed by atoms with van der Waals surface area (Å²) >= 11 is 1.63. The number of fused-ring (bicyclic) bond motifs is 1. The van der Waals surface area contributed by atoms with Crippen LogP contribution in [0.4, 0.5) is 5.69 Å². The van der Waals surface area contributed by atoms with Crippen molar-refractivity contribution in [1.29, 1.82) is 0 Å². The second kappa shape index (κ2) is 6.68. The van der Waals surface area contributed by atoms with E-state index in [1.807, 2.05) is 30.5 Å². The van der Waals surface area contributed by atoms with Crippen LogP contribution in [0.1, 0.15) is 18.9 Å². The molecule has 0 N–H and O–H groups in total. The van der Waals surface area contributed by atoms with Crippen molar-refractivity contribution in [3.05, 3.63) is 28.6 Å². The van der Waals surface area contributed by atoms with Gasteiger partial charge in [0, 0.05) is 31.0 Å². The van der Waals surface area contributed by atoms with E-state index in [0.717, 1.165) is 34.1 Å². The summed E-state index contributed by atoms with van der Waals surface area (Å²) in [4.78, 5) is 18.7. The molecule has 5 nitrogen and oxygen atoms in total. The van der Waals surface area contributed by atoms with Crippen LogP contribution in [0, 0.1) is 0 Å². The van der Waals surface area contributed by atoms with Crippen LogP contribution in [0.5, 0.6) is 5.75 Å². The third kappa shape index (κ3) is 3.09. The topological polar surface area (TPSA) is 51.7 Å². The van der Waals surface area contributed by atoms with E-state index >= 15 is 0 Å². The van der Waals surface area contributed by atoms with Gasteiger partial charge in [-0.2, -0.15) is 0 Å². The lowest BCUT2D eigenvalue weighted by Crippen LogP contribution is -2.44. The first-order valence-corrected chi connectivity index (χ1v) is 8.57. The van der Waals surface area contributed by atoms with Crippen LogP contribution in [0.2, 0.25) is 0 Å². The number of anilines is 1. The van der Waals surface area contributed by atoms with Gasteiger partial charge in [0.25, 0.3) is 5.91 Å². The lowest BCUT2D eigenvalue weighted by Gasteiger charge is -2.32. The molecule has 0 fully saturated rings. The molecule has 1 unspecified atom stereocenters. The Hall–Kier alpha value is -1.92. The number of ether oxygens (including phenoxy) is 2. The Morgan fingerprint density at radius 2 is 2.26 bits per heavy atom. The Bertz CT molecular complexity index is 714. The molecule has 2 aromatic rings. The molecule has 3 rings (SSSR count). The van der Waals surface area contributed by atoms with Crippen LogP contribution in [0.25, 0.3) is 11.3 Å². The summed E-state index contributed by atoms with van der Waals surface area (Å²) in [6.07, 6.45) is 0.375. The minimum Gasteiger partial charge on any atom is -0.479 e. The fourth-order valence-electron chi connectivity index (χ4n) is 2.64. The number of nitrogens with zero attached hydrogens (tertiary/aromatic N) is 2. The smallest absolute Gasteiger partial charge is 0.267 e. The number of likely N-dealkylation sites (N-methyl/N-ethyl adjacent to an activating group) is 1. The predicted molar refractivity (Wildman–Crippen MR) is 91.2 cm³/mol. The Kier molecular flexibility index (Phi) is 4.63. The van der Waals surface area contributed by atoms with Crippen LogP contribution < -0.4 is 9.64 Å². The van der Waals surface area contributed by atoms with Gasteiger partial charge in [0.15, 0.2) is 6.10 Å². The number of hydrogen-bond donors (Lipinski definition) is 0. The van der Waals surface area contributed by atoms with Gasteiger partial charge in [-0.3, -0.25) is 4.79 Å². The number of methoxy groups -OCH3 is 1. The number of hydrogen-bond acceptors (Lipinski definition) is 5. The van der Waals surface area contributed by atoms with Crippen LogP contribution in [-0.2, 0) is 16.0 Å². The summed E-state index contributed by atoms with van der Waals surface area (Å²) in [5.74, 6) is 0.744. The number of rotatable bonds is 5. The third-order valence-electron chi connectivity index (χ3n) is 3.85. The van der Waals surface area contributed by atoms with Gasteiger partial charge in [-0.25, -0.2) is 4.98 Å². The number of thiazole rings is 1. The van der Waals surface area contributed by atoms with E-state index in [1.165, 1.54) is 0 Å². The molecule has 122 valence electrons. The minimum absolute atomic E-state index is 0.00351. The summed E-state index contributed by atoms with van der Waals surface area (Å²) in [5.41, 5.74) is 2.73. The van der Waals surface area contributed by atoms with Crippen LogP contribution in [0.3, 0.4) is 0 Å². The molecule has 1 aromatic carbocycles. The molecular formula is C17H20N2O3S. The largest absolute Gasteiger partial charge is 0.479 e. The van der Waals surface area contributed by atoms with Crippen molar-refractivity contribution in [1.82, 2.24) is 4.98 Å². The number of aromatic nitrogens is 1. The summed E-state index contributed by atoms with van der Waals surface area (Å²) < 4.78 is 10.8. The fraction of sp³-hybridized carbons (Fsp3) is 0.412. The lowest BCUT2D eigenvalue weighted by atomic mass is 10.1. The summed E-state index contributed by atoms with van der Waals surface area (Å²) in [5, 5.41) is 3.09. The molecule has 1 atom stereocenters. The maximum atomic E-state index is 12.3. The van der Waals surface area contributed by atoms with Gasteiger partial charge in [-0.1, -0.05) is 0 Å². The third-order valence-corrected chi connectivity index (χ3v) is 4.76. The maximum Gasteiger partial charge on any atom is 0.267 e. The monoisotopic (exact) mass is 332 g/mol. The zero-order valence-corrected chi connectivity index (χ0v) is 14.4. The van der Waals surface area contributed by atoms with E-state index in [1.54, 1.807) is 30.3 Å². The van der Waals surface area contributed by atoms with Crippen molar-refractivity contribution in [2.45, 2.75) is 26.4 Å². The second-order valence-electron chi connectivity index (χ2n) is 5.39. The normalized spacial score (nSPS) is 17.1. The average molecular weight is 332 g/mol. The molecule has 0 aliphatic carbocycles. The van der Waals surface area contributed by atoms with Gasteiger partial charge in [0.05, 0.1) is 23.0 Å². The first kappa shape index (κ1) is 16.0.